The molecule has 1 fully saturated rings. The van der Waals surface area contributed by atoms with Crippen LogP contribution in [0.3, 0.4) is 0 Å². The average Bonchev–Trinajstić information content (AvgIpc) is 2.77. The highest BCUT2D eigenvalue weighted by Gasteiger charge is 2.30. The van der Waals surface area contributed by atoms with E-state index in [1.54, 1.807) is 4.90 Å². The van der Waals surface area contributed by atoms with Crippen LogP contribution in [-0.2, 0) is 20.5 Å². The van der Waals surface area contributed by atoms with Crippen LogP contribution in [0.25, 0.3) is 0 Å². The number of hydrogen-bond donors (Lipinski definition) is 1. The number of carbonyl (C=O) groups excluding carboxylic acids is 2. The molecule has 8 nitrogen and oxygen atoms in total. The number of hydrogen-bond acceptors (Lipinski definition) is 7. The molecule has 1 aromatic heterocycles. The van der Waals surface area contributed by atoms with Crippen molar-refractivity contribution in [1.82, 2.24) is 14.9 Å². The summed E-state index contributed by atoms with van der Waals surface area (Å²) in [5.41, 5.74) is -0.105. The summed E-state index contributed by atoms with van der Waals surface area (Å²) in [5, 5.41) is 3.00. The molecule has 0 unspecified atom stereocenters. The minimum absolute atomic E-state index is 0.153. The fraction of sp³-hybridized carbons (Fsp3) is 0.333. The monoisotopic (exact) mass is 449 g/mol. The molecule has 2 heterocycles. The van der Waals surface area contributed by atoms with E-state index < -0.39 is 17.7 Å². The van der Waals surface area contributed by atoms with Gasteiger partial charge in [-0.05, 0) is 24.3 Å². The third-order valence-electron chi connectivity index (χ3n) is 4.77. The van der Waals surface area contributed by atoms with Gasteiger partial charge in [0, 0.05) is 56.8 Å². The third-order valence-corrected chi connectivity index (χ3v) is 4.77. The third kappa shape index (κ3) is 5.74. The Morgan fingerprint density at radius 2 is 1.72 bits per heavy atom. The molecule has 0 radical (unpaired) electrons. The Bertz CT molecular complexity index is 987. The van der Waals surface area contributed by atoms with Crippen LogP contribution >= 0.6 is 0 Å². The van der Waals surface area contributed by atoms with Crippen LogP contribution in [0.15, 0.2) is 48.8 Å². The lowest BCUT2D eigenvalue weighted by molar-refractivity contribution is -0.141. The Labute approximate surface area is 182 Å². The molecule has 170 valence electrons. The summed E-state index contributed by atoms with van der Waals surface area (Å²) < 4.78 is 43.1. The first-order chi connectivity index (χ1) is 15.1. The second kappa shape index (κ2) is 9.67. The number of rotatable bonds is 6. The summed E-state index contributed by atoms with van der Waals surface area (Å²) in [6.07, 6.45) is -1.41. The quantitative estimate of drug-likeness (QED) is 0.536. The minimum Gasteiger partial charge on any atom is -0.461 e. The largest absolute Gasteiger partial charge is 0.461 e. The van der Waals surface area contributed by atoms with Gasteiger partial charge in [0.15, 0.2) is 11.6 Å². The first-order valence-electron chi connectivity index (χ1n) is 9.76. The fourth-order valence-corrected chi connectivity index (χ4v) is 3.12. The lowest BCUT2D eigenvalue weighted by Crippen LogP contribution is -2.49. The highest BCUT2D eigenvalue weighted by atomic mass is 19.4. The van der Waals surface area contributed by atoms with Crippen LogP contribution < -0.4 is 10.2 Å². The predicted molar refractivity (Wildman–Crippen MR) is 111 cm³/mol. The molecule has 1 N–H and O–H groups in total. The van der Waals surface area contributed by atoms with Gasteiger partial charge >= 0.3 is 12.1 Å². The number of amides is 1. The maximum atomic E-state index is 12.8. The summed E-state index contributed by atoms with van der Waals surface area (Å²) in [6.45, 7) is 6.51. The molecular weight excluding hydrogens is 427 g/mol. The summed E-state index contributed by atoms with van der Waals surface area (Å²) in [6, 6.07) is 4.64. The van der Waals surface area contributed by atoms with E-state index in [2.05, 4.69) is 21.9 Å². The van der Waals surface area contributed by atoms with Gasteiger partial charge in [0.2, 0.25) is 0 Å². The number of ether oxygens (including phenoxy) is 1. The number of piperazine rings is 1. The molecule has 0 spiro atoms. The number of halogens is 3. The maximum Gasteiger partial charge on any atom is 0.416 e. The normalized spacial score (nSPS) is 14.1. The van der Waals surface area contributed by atoms with Crippen LogP contribution in [0.2, 0.25) is 0 Å². The van der Waals surface area contributed by atoms with Gasteiger partial charge in [0.25, 0.3) is 5.91 Å². The molecular formula is C21H22F3N5O3. The van der Waals surface area contributed by atoms with Crippen molar-refractivity contribution in [2.24, 2.45) is 0 Å². The fourth-order valence-electron chi connectivity index (χ4n) is 3.12. The Hall–Kier alpha value is -3.63. The van der Waals surface area contributed by atoms with Gasteiger partial charge in [-0.25, -0.2) is 9.97 Å². The van der Waals surface area contributed by atoms with Gasteiger partial charge in [0.05, 0.1) is 5.56 Å². The zero-order valence-electron chi connectivity index (χ0n) is 17.4. The second-order valence-corrected chi connectivity index (χ2v) is 7.09. The molecule has 1 aromatic carbocycles. The van der Waals surface area contributed by atoms with E-state index >= 15 is 0 Å². The van der Waals surface area contributed by atoms with E-state index in [0.717, 1.165) is 12.1 Å². The molecule has 1 amide bonds. The highest BCUT2D eigenvalue weighted by molar-refractivity contribution is 5.93. The number of carbonyl (C=O) groups is 2. The van der Waals surface area contributed by atoms with Gasteiger partial charge in [-0.1, -0.05) is 6.58 Å². The van der Waals surface area contributed by atoms with Crippen molar-refractivity contribution in [3.05, 3.63) is 54.4 Å². The van der Waals surface area contributed by atoms with Crippen molar-refractivity contribution in [2.75, 3.05) is 43.0 Å². The molecule has 0 aliphatic carbocycles. The molecule has 1 aliphatic rings. The van der Waals surface area contributed by atoms with Crippen molar-refractivity contribution in [3.8, 4) is 0 Å². The summed E-state index contributed by atoms with van der Waals surface area (Å²) >= 11 is 0. The molecule has 0 atom stereocenters. The van der Waals surface area contributed by atoms with Crippen molar-refractivity contribution in [1.29, 1.82) is 0 Å². The van der Waals surface area contributed by atoms with Crippen LogP contribution in [-0.4, -0.2) is 59.5 Å². The molecule has 2 aromatic rings. The number of anilines is 3. The number of nitrogens with zero attached hydrogens (tertiary/aromatic N) is 4. The molecule has 3 rings (SSSR count). The lowest BCUT2D eigenvalue weighted by atomic mass is 10.2. The van der Waals surface area contributed by atoms with E-state index in [1.807, 2.05) is 4.90 Å². The summed E-state index contributed by atoms with van der Waals surface area (Å²) in [4.78, 5) is 35.5. The SMILES string of the molecule is C=C(COC(C)=O)C(=O)N1CCN(c2nccnc2Nc2ccc(C(F)(F)F)cc2)CC1. The Morgan fingerprint density at radius 1 is 1.09 bits per heavy atom. The number of alkyl halides is 3. The molecule has 0 saturated carbocycles. The smallest absolute Gasteiger partial charge is 0.416 e. The number of aromatic nitrogens is 2. The maximum absolute atomic E-state index is 12.8. The van der Waals surface area contributed by atoms with Crippen molar-refractivity contribution in [2.45, 2.75) is 13.1 Å². The standard InChI is InChI=1S/C21H22F3N5O3/c1-14(13-32-15(2)30)20(31)29-11-9-28(10-12-29)19-18(25-7-8-26-19)27-17-5-3-16(4-6-17)21(22,23)24/h3-8H,1,9-13H2,2H3,(H,25,27). The topological polar surface area (TPSA) is 87.7 Å². The van der Waals surface area contributed by atoms with E-state index in [0.29, 0.717) is 43.5 Å². The van der Waals surface area contributed by atoms with Crippen LogP contribution in [0, 0.1) is 0 Å². The van der Waals surface area contributed by atoms with Crippen molar-refractivity contribution in [3.63, 3.8) is 0 Å². The Kier molecular flexibility index (Phi) is 6.96. The summed E-state index contributed by atoms with van der Waals surface area (Å²) in [5.74, 6) is 0.150. The van der Waals surface area contributed by atoms with E-state index in [1.165, 1.54) is 31.5 Å². The molecule has 1 aliphatic heterocycles. The number of benzene rings is 1. The highest BCUT2D eigenvalue weighted by Crippen LogP contribution is 2.31. The van der Waals surface area contributed by atoms with E-state index in [4.69, 9.17) is 4.74 Å². The average molecular weight is 449 g/mol. The van der Waals surface area contributed by atoms with Crippen molar-refractivity contribution >= 4 is 29.2 Å². The first kappa shape index (κ1) is 23.0. The van der Waals surface area contributed by atoms with Gasteiger partial charge in [-0.3, -0.25) is 9.59 Å². The molecule has 1 saturated heterocycles. The summed E-state index contributed by atoms with van der Waals surface area (Å²) in [7, 11) is 0. The Balaban J connectivity index is 1.64. The predicted octanol–water partition coefficient (Wildman–Crippen LogP) is 3.01. The van der Waals surface area contributed by atoms with E-state index in [9.17, 15) is 22.8 Å². The Morgan fingerprint density at radius 3 is 2.31 bits per heavy atom. The van der Waals surface area contributed by atoms with Crippen molar-refractivity contribution < 1.29 is 27.5 Å². The minimum atomic E-state index is -4.41. The zero-order valence-corrected chi connectivity index (χ0v) is 17.4. The number of esters is 1. The van der Waals surface area contributed by atoms with Crippen LogP contribution in [0.4, 0.5) is 30.5 Å². The van der Waals surface area contributed by atoms with Gasteiger partial charge in [-0.15, -0.1) is 0 Å². The lowest BCUT2D eigenvalue weighted by Gasteiger charge is -2.36. The first-order valence-corrected chi connectivity index (χ1v) is 9.76. The molecule has 0 bridgehead atoms. The van der Waals surface area contributed by atoms with Gasteiger partial charge in [0.1, 0.15) is 6.61 Å². The molecule has 11 heteroatoms. The zero-order chi connectivity index (χ0) is 23.3. The van der Waals surface area contributed by atoms with Crippen LogP contribution in [0.5, 0.6) is 0 Å². The molecule has 32 heavy (non-hydrogen) atoms. The van der Waals surface area contributed by atoms with E-state index in [-0.39, 0.29) is 18.1 Å². The van der Waals surface area contributed by atoms with Gasteiger partial charge < -0.3 is 19.9 Å². The van der Waals surface area contributed by atoms with Gasteiger partial charge in [-0.2, -0.15) is 13.2 Å². The van der Waals surface area contributed by atoms with Crippen LogP contribution in [0.1, 0.15) is 12.5 Å². The second-order valence-electron chi connectivity index (χ2n) is 7.09. The number of nitrogens with one attached hydrogen (secondary N) is 1.